The molecule has 0 N–H and O–H groups in total. The Morgan fingerprint density at radius 3 is 2.31 bits per heavy atom. The molecule has 0 aliphatic carbocycles. The zero-order chi connectivity index (χ0) is 29.2. The predicted molar refractivity (Wildman–Crippen MR) is 161 cm³/mol. The molecule has 0 saturated carbocycles. The van der Waals surface area contributed by atoms with E-state index < -0.39 is 11.8 Å². The minimum atomic E-state index is -0.609. The number of carbonyl (C=O) groups excluding carboxylic acids is 2. The summed E-state index contributed by atoms with van der Waals surface area (Å²) in [5, 5.41) is 17.0. The molecule has 0 unspecified atom stereocenters. The fourth-order valence-corrected chi connectivity index (χ4v) is 5.11. The van der Waals surface area contributed by atoms with E-state index in [9.17, 15) is 14.9 Å². The molecular weight excluding hydrogens is 524 g/mol. The topological polar surface area (TPSA) is 88.2 Å². The van der Waals surface area contributed by atoms with Gasteiger partial charge in [-0.1, -0.05) is 66.7 Å². The van der Waals surface area contributed by atoms with Crippen LogP contribution in [0.5, 0.6) is 5.75 Å². The molecule has 0 atom stereocenters. The molecule has 0 fully saturated rings. The maximum Gasteiger partial charge on any atom is 0.271 e. The van der Waals surface area contributed by atoms with Crippen LogP contribution in [0.1, 0.15) is 18.1 Å². The molecule has 2 heterocycles. The maximum absolute atomic E-state index is 13.9. The summed E-state index contributed by atoms with van der Waals surface area (Å²) in [6.45, 7) is 1.67. The second-order valence-electron chi connectivity index (χ2n) is 9.99. The number of imide groups is 1. The minimum Gasteiger partial charge on any atom is -0.497 e. The van der Waals surface area contributed by atoms with E-state index in [1.54, 1.807) is 49.1 Å². The van der Waals surface area contributed by atoms with Crippen LogP contribution in [0.2, 0.25) is 0 Å². The first-order chi connectivity index (χ1) is 20.5. The number of carbonyl (C=O) groups is 2. The molecule has 0 saturated heterocycles. The number of amides is 2. The zero-order valence-electron chi connectivity index (χ0n) is 23.1. The number of aromatic nitrogens is 2. The van der Waals surface area contributed by atoms with Gasteiger partial charge in [-0.15, -0.1) is 0 Å². The van der Waals surface area contributed by atoms with Crippen molar-refractivity contribution in [2.24, 2.45) is 0 Å². The van der Waals surface area contributed by atoms with Gasteiger partial charge in [-0.05, 0) is 65.2 Å². The number of hydrogen-bond donors (Lipinski definition) is 0. The smallest absolute Gasteiger partial charge is 0.271 e. The molecule has 7 heteroatoms. The van der Waals surface area contributed by atoms with Gasteiger partial charge in [0.25, 0.3) is 11.8 Å². The van der Waals surface area contributed by atoms with Gasteiger partial charge in [0.15, 0.2) is 0 Å². The van der Waals surface area contributed by atoms with Crippen LogP contribution in [0.3, 0.4) is 0 Å². The van der Waals surface area contributed by atoms with Gasteiger partial charge in [0.1, 0.15) is 17.4 Å². The Kier molecular flexibility index (Phi) is 6.95. The Hall–Kier alpha value is -5.74. The lowest BCUT2D eigenvalue weighted by molar-refractivity contribution is -0.141. The lowest BCUT2D eigenvalue weighted by Crippen LogP contribution is -2.42. The maximum atomic E-state index is 13.9. The molecule has 1 aromatic heterocycles. The summed E-state index contributed by atoms with van der Waals surface area (Å²) in [5.41, 5.74) is 4.40. The van der Waals surface area contributed by atoms with E-state index in [0.717, 1.165) is 32.5 Å². The number of rotatable bonds is 6. The third-order valence-electron chi connectivity index (χ3n) is 7.41. The minimum absolute atomic E-state index is 0.0261. The number of para-hydroxylation sites is 1. The monoisotopic (exact) mass is 550 g/mol. The fourth-order valence-electron chi connectivity index (χ4n) is 5.11. The highest BCUT2D eigenvalue weighted by Gasteiger charge is 2.35. The van der Waals surface area contributed by atoms with Gasteiger partial charge in [0, 0.05) is 22.9 Å². The molecule has 0 bridgehead atoms. The van der Waals surface area contributed by atoms with Crippen molar-refractivity contribution in [2.45, 2.75) is 13.5 Å². The molecule has 42 heavy (non-hydrogen) atoms. The molecule has 204 valence electrons. The lowest BCUT2D eigenvalue weighted by atomic mass is 9.92. The van der Waals surface area contributed by atoms with Crippen molar-refractivity contribution >= 4 is 28.7 Å². The SMILES string of the molecule is COc1ccc(CN2C(=O)C(C#N)=C(C)/C(=C\c3cn(-c4ccccc4)nc3-c3ccc4ccccc4c3)C2=O)cc1. The lowest BCUT2D eigenvalue weighted by Gasteiger charge is -2.27. The van der Waals surface area contributed by atoms with Gasteiger partial charge in [0.05, 0.1) is 25.0 Å². The Bertz CT molecular complexity index is 1940. The average Bonchev–Trinajstić information content (AvgIpc) is 3.46. The zero-order valence-corrected chi connectivity index (χ0v) is 23.1. The van der Waals surface area contributed by atoms with Gasteiger partial charge in [-0.3, -0.25) is 14.5 Å². The van der Waals surface area contributed by atoms with E-state index in [-0.39, 0.29) is 17.7 Å². The quantitative estimate of drug-likeness (QED) is 0.178. The molecule has 5 aromatic rings. The van der Waals surface area contributed by atoms with Crippen molar-refractivity contribution in [3.05, 3.63) is 131 Å². The summed E-state index contributed by atoms with van der Waals surface area (Å²) in [6, 6.07) is 33.1. The number of fused-ring (bicyclic) bond motifs is 1. The number of nitriles is 1. The molecule has 0 radical (unpaired) electrons. The van der Waals surface area contributed by atoms with Gasteiger partial charge < -0.3 is 4.74 Å². The van der Waals surface area contributed by atoms with Gasteiger partial charge in [-0.25, -0.2) is 4.68 Å². The first-order valence-electron chi connectivity index (χ1n) is 13.4. The molecule has 7 nitrogen and oxygen atoms in total. The predicted octanol–water partition coefficient (Wildman–Crippen LogP) is 6.49. The Morgan fingerprint density at radius 2 is 1.60 bits per heavy atom. The van der Waals surface area contributed by atoms with Crippen LogP contribution in [-0.4, -0.2) is 33.6 Å². The number of benzene rings is 4. The van der Waals surface area contributed by atoms with E-state index in [1.807, 2.05) is 72.9 Å². The molecular formula is C35H26N4O3. The molecule has 2 amide bonds. The molecule has 4 aromatic carbocycles. The summed E-state index contributed by atoms with van der Waals surface area (Å²) in [7, 11) is 1.57. The van der Waals surface area contributed by atoms with E-state index in [0.29, 0.717) is 22.6 Å². The number of ether oxygens (including phenoxy) is 1. The van der Waals surface area contributed by atoms with Crippen LogP contribution >= 0.6 is 0 Å². The van der Waals surface area contributed by atoms with Gasteiger partial charge >= 0.3 is 0 Å². The Balaban J connectivity index is 1.48. The van der Waals surface area contributed by atoms with E-state index >= 15 is 0 Å². The molecule has 1 aliphatic heterocycles. The van der Waals surface area contributed by atoms with Gasteiger partial charge in [0.2, 0.25) is 0 Å². The number of nitrogens with zero attached hydrogens (tertiary/aromatic N) is 4. The summed E-state index contributed by atoms with van der Waals surface area (Å²) in [4.78, 5) is 28.3. The number of methoxy groups -OCH3 is 1. The Morgan fingerprint density at radius 1 is 0.881 bits per heavy atom. The van der Waals surface area contributed by atoms with Crippen LogP contribution in [0.15, 0.2) is 120 Å². The molecule has 0 spiro atoms. The highest BCUT2D eigenvalue weighted by molar-refractivity contribution is 6.19. The molecule has 6 rings (SSSR count). The normalized spacial score (nSPS) is 14.5. The first kappa shape index (κ1) is 26.5. The third kappa shape index (κ3) is 4.87. The average molecular weight is 551 g/mol. The van der Waals surface area contributed by atoms with Crippen molar-refractivity contribution < 1.29 is 14.3 Å². The van der Waals surface area contributed by atoms with Crippen LogP contribution in [0.25, 0.3) is 33.8 Å². The fraction of sp³-hybridized carbons (Fsp3) is 0.0857. The summed E-state index contributed by atoms with van der Waals surface area (Å²) >= 11 is 0. The van der Waals surface area contributed by atoms with Crippen LogP contribution < -0.4 is 4.74 Å². The number of hydrogen-bond acceptors (Lipinski definition) is 5. The van der Waals surface area contributed by atoms with Crippen LogP contribution in [0, 0.1) is 11.3 Å². The molecule has 1 aliphatic rings. The van der Waals surface area contributed by atoms with E-state index in [2.05, 4.69) is 12.1 Å². The highest BCUT2D eigenvalue weighted by Crippen LogP contribution is 2.33. The van der Waals surface area contributed by atoms with Crippen LogP contribution in [0.4, 0.5) is 0 Å². The van der Waals surface area contributed by atoms with Crippen molar-refractivity contribution in [3.8, 4) is 28.8 Å². The van der Waals surface area contributed by atoms with Crippen LogP contribution in [-0.2, 0) is 16.1 Å². The summed E-state index contributed by atoms with van der Waals surface area (Å²) in [6.07, 6.45) is 3.60. The second kappa shape index (κ2) is 11.0. The van der Waals surface area contributed by atoms with Gasteiger partial charge in [-0.2, -0.15) is 10.4 Å². The third-order valence-corrected chi connectivity index (χ3v) is 7.41. The van der Waals surface area contributed by atoms with E-state index in [4.69, 9.17) is 9.84 Å². The Labute approximate surface area is 243 Å². The second-order valence-corrected chi connectivity index (χ2v) is 9.99. The summed E-state index contributed by atoms with van der Waals surface area (Å²) < 4.78 is 7.00. The largest absolute Gasteiger partial charge is 0.497 e. The standard InChI is InChI=1S/C35H26N4O3/c1-23-31(34(40)38(35(41)32(23)20-36)21-24-12-16-30(42-2)17-13-24)19-28-22-39(29-10-4-3-5-11-29)37-33(28)27-15-14-25-8-6-7-9-26(25)18-27/h3-19,22H,21H2,1-2H3/b31-19+. The van der Waals surface area contributed by atoms with Crippen molar-refractivity contribution in [1.29, 1.82) is 5.26 Å². The van der Waals surface area contributed by atoms with Crippen molar-refractivity contribution in [3.63, 3.8) is 0 Å². The first-order valence-corrected chi connectivity index (χ1v) is 13.4. The summed E-state index contributed by atoms with van der Waals surface area (Å²) in [5.74, 6) is -0.410. The van der Waals surface area contributed by atoms with Crippen molar-refractivity contribution in [2.75, 3.05) is 7.11 Å². The highest BCUT2D eigenvalue weighted by atomic mass is 16.5. The van der Waals surface area contributed by atoms with E-state index in [1.165, 1.54) is 0 Å². The van der Waals surface area contributed by atoms with Crippen molar-refractivity contribution in [1.82, 2.24) is 14.7 Å².